The Bertz CT molecular complexity index is 929. The summed E-state index contributed by atoms with van der Waals surface area (Å²) < 4.78 is 0. The van der Waals surface area contributed by atoms with E-state index in [1.165, 1.54) is 0 Å². The average Bonchev–Trinajstić information content (AvgIpc) is 2.74. The average molecular weight is 443 g/mol. The lowest BCUT2D eigenvalue weighted by atomic mass is 10.0. The topological polar surface area (TPSA) is 90.5 Å². The predicted octanol–water partition coefficient (Wildman–Crippen LogP) is 4.64. The molecule has 0 aliphatic carbocycles. The third-order valence-electron chi connectivity index (χ3n) is 5.11. The SMILES string of the molecule is CC(C)C(NC(=O)Nc1ccc(Cl)cc1)C(=O)Nc1ccc(N2CCCCC2=O)cc1. The van der Waals surface area contributed by atoms with Crippen molar-refractivity contribution in [2.24, 2.45) is 5.92 Å². The van der Waals surface area contributed by atoms with E-state index in [1.807, 2.05) is 26.0 Å². The van der Waals surface area contributed by atoms with Crippen LogP contribution in [-0.2, 0) is 9.59 Å². The Balaban J connectivity index is 1.60. The highest BCUT2D eigenvalue weighted by atomic mass is 35.5. The summed E-state index contributed by atoms with van der Waals surface area (Å²) in [5.41, 5.74) is 2.00. The largest absolute Gasteiger partial charge is 0.326 e. The number of nitrogens with zero attached hydrogens (tertiary/aromatic N) is 1. The molecule has 1 fully saturated rings. The van der Waals surface area contributed by atoms with Crippen molar-refractivity contribution in [1.82, 2.24) is 5.32 Å². The van der Waals surface area contributed by atoms with Crippen LogP contribution in [0, 0.1) is 5.92 Å². The second-order valence-electron chi connectivity index (χ2n) is 7.87. The van der Waals surface area contributed by atoms with Crippen LogP contribution in [0.3, 0.4) is 0 Å². The number of benzene rings is 2. The summed E-state index contributed by atoms with van der Waals surface area (Å²) in [5, 5.41) is 8.83. The maximum absolute atomic E-state index is 12.8. The molecule has 8 heteroatoms. The van der Waals surface area contributed by atoms with Gasteiger partial charge in [-0.2, -0.15) is 0 Å². The highest BCUT2D eigenvalue weighted by Gasteiger charge is 2.25. The standard InChI is InChI=1S/C23H27ClN4O3/c1-15(2)21(27-23(31)26-18-8-6-16(24)7-9-18)22(30)25-17-10-12-19(13-11-17)28-14-4-3-5-20(28)29/h6-13,15,21H,3-5,14H2,1-2H3,(H,25,30)(H2,26,27,31). The van der Waals surface area contributed by atoms with Gasteiger partial charge in [0.15, 0.2) is 0 Å². The summed E-state index contributed by atoms with van der Waals surface area (Å²) in [5.74, 6) is -0.317. The minimum atomic E-state index is -0.726. The van der Waals surface area contributed by atoms with Gasteiger partial charge in [-0.1, -0.05) is 25.4 Å². The third-order valence-corrected chi connectivity index (χ3v) is 5.36. The number of amides is 4. The number of urea groups is 1. The van der Waals surface area contributed by atoms with Gasteiger partial charge in [0.2, 0.25) is 11.8 Å². The molecule has 0 bridgehead atoms. The van der Waals surface area contributed by atoms with Crippen LogP contribution in [0.4, 0.5) is 21.9 Å². The first kappa shape index (κ1) is 22.6. The molecule has 4 amide bonds. The van der Waals surface area contributed by atoms with Crippen molar-refractivity contribution in [3.8, 4) is 0 Å². The van der Waals surface area contributed by atoms with Crippen molar-refractivity contribution in [3.63, 3.8) is 0 Å². The van der Waals surface area contributed by atoms with E-state index in [4.69, 9.17) is 11.6 Å². The number of anilines is 3. The number of piperidine rings is 1. The molecule has 1 aliphatic rings. The van der Waals surface area contributed by atoms with E-state index in [2.05, 4.69) is 16.0 Å². The molecule has 0 aromatic heterocycles. The van der Waals surface area contributed by atoms with Gasteiger partial charge >= 0.3 is 6.03 Å². The van der Waals surface area contributed by atoms with Gasteiger partial charge in [-0.3, -0.25) is 9.59 Å². The molecule has 0 radical (unpaired) electrons. The summed E-state index contributed by atoms with van der Waals surface area (Å²) in [6.45, 7) is 4.43. The summed E-state index contributed by atoms with van der Waals surface area (Å²) in [4.78, 5) is 39.0. The molecule has 2 aromatic carbocycles. The van der Waals surface area contributed by atoms with Gasteiger partial charge in [-0.15, -0.1) is 0 Å². The maximum atomic E-state index is 12.8. The molecule has 1 saturated heterocycles. The van der Waals surface area contributed by atoms with Gasteiger partial charge in [0, 0.05) is 35.1 Å². The van der Waals surface area contributed by atoms with Crippen molar-refractivity contribution >= 4 is 46.5 Å². The summed E-state index contributed by atoms with van der Waals surface area (Å²) >= 11 is 5.85. The minimum absolute atomic E-state index is 0.124. The molecule has 7 nitrogen and oxygen atoms in total. The fourth-order valence-electron chi connectivity index (χ4n) is 3.40. The number of hydrogen-bond donors (Lipinski definition) is 3. The lowest BCUT2D eigenvalue weighted by Crippen LogP contribution is -2.48. The van der Waals surface area contributed by atoms with Crippen LogP contribution in [0.5, 0.6) is 0 Å². The van der Waals surface area contributed by atoms with Crippen LogP contribution >= 0.6 is 11.6 Å². The van der Waals surface area contributed by atoms with Crippen LogP contribution in [0.25, 0.3) is 0 Å². The zero-order chi connectivity index (χ0) is 22.4. The third kappa shape index (κ3) is 6.21. The molecule has 31 heavy (non-hydrogen) atoms. The second kappa shape index (κ2) is 10.3. The molecule has 0 saturated carbocycles. The Kier molecular flexibility index (Phi) is 7.52. The normalized spacial score (nSPS) is 14.8. The molecule has 164 valence electrons. The van der Waals surface area contributed by atoms with Gasteiger partial charge < -0.3 is 20.9 Å². The van der Waals surface area contributed by atoms with Crippen molar-refractivity contribution < 1.29 is 14.4 Å². The van der Waals surface area contributed by atoms with Gasteiger partial charge in [0.05, 0.1) is 0 Å². The first-order chi connectivity index (χ1) is 14.8. The van der Waals surface area contributed by atoms with Crippen LogP contribution < -0.4 is 20.9 Å². The van der Waals surface area contributed by atoms with E-state index in [9.17, 15) is 14.4 Å². The van der Waals surface area contributed by atoms with Gasteiger partial charge in [-0.05, 0) is 67.3 Å². The van der Waals surface area contributed by atoms with Crippen LogP contribution in [-0.4, -0.2) is 30.4 Å². The lowest BCUT2D eigenvalue weighted by Gasteiger charge is -2.27. The molecule has 2 aromatic rings. The lowest BCUT2D eigenvalue weighted by molar-refractivity contribution is -0.120. The Labute approximate surface area is 187 Å². The number of carbonyl (C=O) groups excluding carboxylic acids is 3. The fraction of sp³-hybridized carbons (Fsp3) is 0.348. The van der Waals surface area contributed by atoms with Crippen molar-refractivity contribution in [1.29, 1.82) is 0 Å². The first-order valence-electron chi connectivity index (χ1n) is 10.4. The molecule has 3 rings (SSSR count). The number of hydrogen-bond acceptors (Lipinski definition) is 3. The van der Waals surface area contributed by atoms with Crippen molar-refractivity contribution in [2.45, 2.75) is 39.2 Å². The van der Waals surface area contributed by atoms with Gasteiger partial charge in [0.1, 0.15) is 6.04 Å². The molecule has 1 aliphatic heterocycles. The van der Waals surface area contributed by atoms with Crippen molar-refractivity contribution in [3.05, 3.63) is 53.6 Å². The van der Waals surface area contributed by atoms with E-state index in [-0.39, 0.29) is 17.7 Å². The van der Waals surface area contributed by atoms with Crippen molar-refractivity contribution in [2.75, 3.05) is 22.1 Å². The summed E-state index contributed by atoms with van der Waals surface area (Å²) in [7, 11) is 0. The summed E-state index contributed by atoms with van der Waals surface area (Å²) in [6.07, 6.45) is 2.49. The van der Waals surface area contributed by atoms with Gasteiger partial charge in [0.25, 0.3) is 0 Å². The summed E-state index contributed by atoms with van der Waals surface area (Å²) in [6, 6.07) is 12.7. The number of halogens is 1. The van der Waals surface area contributed by atoms with Gasteiger partial charge in [-0.25, -0.2) is 4.79 Å². The Hall–Kier alpha value is -3.06. The van der Waals surface area contributed by atoms with E-state index >= 15 is 0 Å². The Morgan fingerprint density at radius 2 is 1.55 bits per heavy atom. The van der Waals surface area contributed by atoms with E-state index in [0.717, 1.165) is 18.5 Å². The van der Waals surface area contributed by atoms with Crippen LogP contribution in [0.15, 0.2) is 48.5 Å². The maximum Gasteiger partial charge on any atom is 0.319 e. The highest BCUT2D eigenvalue weighted by Crippen LogP contribution is 2.23. The molecular formula is C23H27ClN4O3. The van der Waals surface area contributed by atoms with Crippen LogP contribution in [0.1, 0.15) is 33.1 Å². The zero-order valence-corrected chi connectivity index (χ0v) is 18.4. The first-order valence-corrected chi connectivity index (χ1v) is 10.8. The zero-order valence-electron chi connectivity index (χ0n) is 17.7. The molecule has 0 spiro atoms. The van der Waals surface area contributed by atoms with E-state index in [1.54, 1.807) is 41.3 Å². The second-order valence-corrected chi connectivity index (χ2v) is 8.30. The van der Waals surface area contributed by atoms with Crippen LogP contribution in [0.2, 0.25) is 5.02 Å². The molecule has 3 N–H and O–H groups in total. The smallest absolute Gasteiger partial charge is 0.319 e. The van der Waals surface area contributed by atoms with E-state index < -0.39 is 12.1 Å². The highest BCUT2D eigenvalue weighted by molar-refractivity contribution is 6.30. The Morgan fingerprint density at radius 3 is 2.16 bits per heavy atom. The quantitative estimate of drug-likeness (QED) is 0.608. The predicted molar refractivity (Wildman–Crippen MR) is 124 cm³/mol. The molecule has 1 atom stereocenters. The monoisotopic (exact) mass is 442 g/mol. The molecule has 1 heterocycles. The Morgan fingerprint density at radius 1 is 0.935 bits per heavy atom. The molecule has 1 unspecified atom stereocenters. The van der Waals surface area contributed by atoms with E-state index in [0.29, 0.717) is 29.4 Å². The molecular weight excluding hydrogens is 416 g/mol. The fourth-order valence-corrected chi connectivity index (χ4v) is 3.53. The number of rotatable bonds is 6. The number of nitrogens with one attached hydrogen (secondary N) is 3. The minimum Gasteiger partial charge on any atom is -0.326 e. The number of carbonyl (C=O) groups is 3.